The molecule has 0 aliphatic heterocycles. The summed E-state index contributed by atoms with van der Waals surface area (Å²) in [6.07, 6.45) is 0.928. The molecule has 0 aliphatic rings. The summed E-state index contributed by atoms with van der Waals surface area (Å²) >= 11 is 0. The van der Waals surface area contributed by atoms with Gasteiger partial charge in [0.25, 0.3) is 0 Å². The number of hydrogen-bond donors (Lipinski definition) is 4. The Bertz CT molecular complexity index is 443. The molecule has 5 nitrogen and oxygen atoms in total. The number of carbonyl (C=O) groups is 1. The predicted octanol–water partition coefficient (Wildman–Crippen LogP) is 1.47. The minimum atomic E-state index is -1.25. The van der Waals surface area contributed by atoms with Crippen molar-refractivity contribution >= 4 is 5.97 Å². The van der Waals surface area contributed by atoms with Crippen molar-refractivity contribution in [3.63, 3.8) is 0 Å². The maximum Gasteiger partial charge on any atom is 0.323 e. The van der Waals surface area contributed by atoms with E-state index in [4.69, 9.17) is 10.8 Å². The zero-order valence-corrected chi connectivity index (χ0v) is 10.6. The van der Waals surface area contributed by atoms with E-state index in [0.717, 1.165) is 5.56 Å². The zero-order valence-electron chi connectivity index (χ0n) is 10.6. The fourth-order valence-corrected chi connectivity index (χ4v) is 1.98. The standard InChI is InChI=1S/C13H19NO4/c1-8(7-13(2,14)12(17)18)5-9-3-4-10(15)11(16)6-9/h3-4,6,8,15-16H,5,7,14H2,1-2H3,(H,17,18). The minimum Gasteiger partial charge on any atom is -0.504 e. The Balaban J connectivity index is 2.67. The highest BCUT2D eigenvalue weighted by molar-refractivity contribution is 5.77. The minimum absolute atomic E-state index is 0.0556. The van der Waals surface area contributed by atoms with E-state index in [9.17, 15) is 15.0 Å². The summed E-state index contributed by atoms with van der Waals surface area (Å²) < 4.78 is 0. The lowest BCUT2D eigenvalue weighted by Gasteiger charge is -2.23. The summed E-state index contributed by atoms with van der Waals surface area (Å²) in [7, 11) is 0. The molecule has 5 N–H and O–H groups in total. The van der Waals surface area contributed by atoms with E-state index in [1.54, 1.807) is 6.07 Å². The lowest BCUT2D eigenvalue weighted by Crippen LogP contribution is -2.46. The summed E-state index contributed by atoms with van der Waals surface area (Å²) in [5, 5.41) is 27.5. The maximum atomic E-state index is 10.9. The molecule has 5 heteroatoms. The lowest BCUT2D eigenvalue weighted by molar-refractivity contribution is -0.143. The molecular formula is C13H19NO4. The zero-order chi connectivity index (χ0) is 13.9. The van der Waals surface area contributed by atoms with Crippen LogP contribution in [-0.2, 0) is 11.2 Å². The molecule has 0 aromatic heterocycles. The van der Waals surface area contributed by atoms with Crippen LogP contribution in [0.1, 0.15) is 25.8 Å². The first kappa shape index (κ1) is 14.3. The van der Waals surface area contributed by atoms with Crippen LogP contribution in [0.25, 0.3) is 0 Å². The van der Waals surface area contributed by atoms with Gasteiger partial charge in [0.1, 0.15) is 5.54 Å². The number of aliphatic carboxylic acids is 1. The molecule has 2 unspecified atom stereocenters. The topological polar surface area (TPSA) is 104 Å². The number of hydrogen-bond acceptors (Lipinski definition) is 4. The highest BCUT2D eigenvalue weighted by Crippen LogP contribution is 2.27. The molecule has 1 aromatic carbocycles. The Morgan fingerprint density at radius 3 is 2.50 bits per heavy atom. The van der Waals surface area contributed by atoms with E-state index < -0.39 is 11.5 Å². The molecule has 0 heterocycles. The van der Waals surface area contributed by atoms with Gasteiger partial charge in [0, 0.05) is 0 Å². The van der Waals surface area contributed by atoms with Crippen molar-refractivity contribution in [2.24, 2.45) is 11.7 Å². The second-order valence-corrected chi connectivity index (χ2v) is 5.06. The Kier molecular flexibility index (Phi) is 4.19. The van der Waals surface area contributed by atoms with Gasteiger partial charge >= 0.3 is 5.97 Å². The van der Waals surface area contributed by atoms with Gasteiger partial charge in [0.15, 0.2) is 11.5 Å². The van der Waals surface area contributed by atoms with Crippen molar-refractivity contribution in [1.82, 2.24) is 0 Å². The third kappa shape index (κ3) is 3.63. The largest absolute Gasteiger partial charge is 0.504 e. The van der Waals surface area contributed by atoms with Crippen LogP contribution >= 0.6 is 0 Å². The number of phenolic OH excluding ortho intramolecular Hbond substituents is 2. The highest BCUT2D eigenvalue weighted by Gasteiger charge is 2.29. The van der Waals surface area contributed by atoms with Gasteiger partial charge in [-0.2, -0.15) is 0 Å². The third-order valence-electron chi connectivity index (χ3n) is 2.89. The van der Waals surface area contributed by atoms with E-state index in [0.29, 0.717) is 12.8 Å². The average molecular weight is 253 g/mol. The Morgan fingerprint density at radius 1 is 1.39 bits per heavy atom. The lowest BCUT2D eigenvalue weighted by atomic mass is 9.87. The van der Waals surface area contributed by atoms with Crippen molar-refractivity contribution in [3.05, 3.63) is 23.8 Å². The maximum absolute atomic E-state index is 10.9. The Hall–Kier alpha value is -1.75. The van der Waals surface area contributed by atoms with Gasteiger partial charge in [-0.05, 0) is 43.4 Å². The molecular weight excluding hydrogens is 234 g/mol. The first-order chi connectivity index (χ1) is 8.22. The van der Waals surface area contributed by atoms with Crippen molar-refractivity contribution in [2.45, 2.75) is 32.2 Å². The summed E-state index contributed by atoms with van der Waals surface area (Å²) in [4.78, 5) is 10.9. The molecule has 100 valence electrons. The van der Waals surface area contributed by atoms with Crippen LogP contribution in [-0.4, -0.2) is 26.8 Å². The van der Waals surface area contributed by atoms with Crippen molar-refractivity contribution in [3.8, 4) is 11.5 Å². The second kappa shape index (κ2) is 5.27. The Labute approximate surface area is 106 Å². The predicted molar refractivity (Wildman–Crippen MR) is 67.5 cm³/mol. The van der Waals surface area contributed by atoms with Crippen LogP contribution in [0, 0.1) is 5.92 Å². The van der Waals surface area contributed by atoms with Crippen molar-refractivity contribution < 1.29 is 20.1 Å². The van der Waals surface area contributed by atoms with Crippen LogP contribution in [0.2, 0.25) is 0 Å². The molecule has 0 amide bonds. The SMILES string of the molecule is CC(Cc1ccc(O)c(O)c1)CC(C)(N)C(=O)O. The number of rotatable bonds is 5. The summed E-state index contributed by atoms with van der Waals surface area (Å²) in [6, 6.07) is 4.58. The van der Waals surface area contributed by atoms with Crippen LogP contribution in [0.3, 0.4) is 0 Å². The number of nitrogens with two attached hydrogens (primary N) is 1. The molecule has 0 aliphatic carbocycles. The molecule has 0 bridgehead atoms. The molecule has 18 heavy (non-hydrogen) atoms. The van der Waals surface area contributed by atoms with Crippen LogP contribution < -0.4 is 5.73 Å². The van der Waals surface area contributed by atoms with E-state index in [1.807, 2.05) is 6.92 Å². The number of phenols is 2. The smallest absolute Gasteiger partial charge is 0.323 e. The Morgan fingerprint density at radius 2 is 2.00 bits per heavy atom. The first-order valence-electron chi connectivity index (χ1n) is 5.75. The molecule has 2 atom stereocenters. The molecule has 0 radical (unpaired) electrons. The van der Waals surface area contributed by atoms with Crippen LogP contribution in [0.15, 0.2) is 18.2 Å². The molecule has 0 saturated heterocycles. The fraction of sp³-hybridized carbons (Fsp3) is 0.462. The monoisotopic (exact) mass is 253 g/mol. The molecule has 0 fully saturated rings. The van der Waals surface area contributed by atoms with Gasteiger partial charge in [0.05, 0.1) is 0 Å². The van der Waals surface area contributed by atoms with Gasteiger partial charge in [0.2, 0.25) is 0 Å². The third-order valence-corrected chi connectivity index (χ3v) is 2.89. The van der Waals surface area contributed by atoms with Crippen LogP contribution in [0.5, 0.6) is 11.5 Å². The summed E-state index contributed by atoms with van der Waals surface area (Å²) in [6.45, 7) is 3.39. The number of benzene rings is 1. The van der Waals surface area contributed by atoms with E-state index >= 15 is 0 Å². The van der Waals surface area contributed by atoms with E-state index in [2.05, 4.69) is 0 Å². The normalized spacial score (nSPS) is 15.9. The van der Waals surface area contributed by atoms with Gasteiger partial charge in [-0.25, -0.2) is 0 Å². The summed E-state index contributed by atoms with van der Waals surface area (Å²) in [5.74, 6) is -1.31. The molecule has 1 aromatic rings. The highest BCUT2D eigenvalue weighted by atomic mass is 16.4. The van der Waals surface area contributed by atoms with Crippen molar-refractivity contribution in [1.29, 1.82) is 0 Å². The second-order valence-electron chi connectivity index (χ2n) is 5.06. The number of carboxylic acid groups (broad SMARTS) is 1. The molecule has 0 saturated carbocycles. The number of carboxylic acids is 1. The van der Waals surface area contributed by atoms with Gasteiger partial charge in [-0.15, -0.1) is 0 Å². The number of aromatic hydroxyl groups is 2. The average Bonchev–Trinajstić information content (AvgIpc) is 2.22. The van der Waals surface area contributed by atoms with E-state index in [-0.39, 0.29) is 17.4 Å². The fourth-order valence-electron chi connectivity index (χ4n) is 1.98. The van der Waals surface area contributed by atoms with Gasteiger partial charge in [-0.3, -0.25) is 4.79 Å². The summed E-state index contributed by atoms with van der Waals surface area (Å²) in [5.41, 5.74) is 5.26. The molecule has 1 rings (SSSR count). The molecule has 0 spiro atoms. The van der Waals surface area contributed by atoms with Gasteiger partial charge in [-0.1, -0.05) is 13.0 Å². The first-order valence-corrected chi connectivity index (χ1v) is 5.75. The van der Waals surface area contributed by atoms with Crippen LogP contribution in [0.4, 0.5) is 0 Å². The van der Waals surface area contributed by atoms with Crippen molar-refractivity contribution in [2.75, 3.05) is 0 Å². The quantitative estimate of drug-likeness (QED) is 0.595. The van der Waals surface area contributed by atoms with E-state index in [1.165, 1.54) is 19.1 Å². The van der Waals surface area contributed by atoms with Gasteiger partial charge < -0.3 is 21.1 Å².